The summed E-state index contributed by atoms with van der Waals surface area (Å²) in [5, 5.41) is 0. The van der Waals surface area contributed by atoms with E-state index in [1.807, 2.05) is 0 Å². The molecule has 0 unspecified atom stereocenters. The van der Waals surface area contributed by atoms with Crippen molar-refractivity contribution in [1.82, 2.24) is 0 Å². The summed E-state index contributed by atoms with van der Waals surface area (Å²) < 4.78 is 40.0. The Labute approximate surface area is 66.7 Å². The quantitative estimate of drug-likeness (QED) is 0.600. The second-order valence-electron chi connectivity index (χ2n) is 2.83. The van der Waals surface area contributed by atoms with Crippen LogP contribution in [0.4, 0.5) is 13.2 Å². The van der Waals surface area contributed by atoms with Gasteiger partial charge in [0.2, 0.25) is 0 Å². The van der Waals surface area contributed by atoms with E-state index in [-0.39, 0.29) is 6.42 Å². The van der Waals surface area contributed by atoms with Gasteiger partial charge in [0, 0.05) is 0 Å². The number of rotatable bonds is 1. The molecule has 0 aromatic rings. The lowest BCUT2D eigenvalue weighted by Gasteiger charge is -2.10. The molecule has 0 spiro atoms. The molecule has 3 nitrogen and oxygen atoms in total. The molecule has 0 amide bonds. The smallest absolute Gasteiger partial charge is 0.394 e. The van der Waals surface area contributed by atoms with E-state index in [9.17, 15) is 18.0 Å². The fraction of sp³-hybridized carbons (Fsp3) is 0.833. The first-order valence-corrected chi connectivity index (χ1v) is 3.26. The van der Waals surface area contributed by atoms with Crippen LogP contribution in [0.2, 0.25) is 0 Å². The Morgan fingerprint density at radius 3 is 2.42 bits per heavy atom. The molecule has 0 aromatic carbocycles. The van der Waals surface area contributed by atoms with Crippen LogP contribution in [0.15, 0.2) is 0 Å². The van der Waals surface area contributed by atoms with E-state index < -0.39 is 23.6 Å². The van der Waals surface area contributed by atoms with E-state index in [0.717, 1.165) is 7.11 Å². The monoisotopic (exact) mass is 183 g/mol. The number of nitrogens with two attached hydrogens (primary N) is 1. The van der Waals surface area contributed by atoms with Gasteiger partial charge >= 0.3 is 12.1 Å². The highest BCUT2D eigenvalue weighted by Crippen LogP contribution is 2.52. The van der Waals surface area contributed by atoms with Crippen LogP contribution in [-0.4, -0.2) is 24.8 Å². The molecule has 0 bridgehead atoms. The van der Waals surface area contributed by atoms with Gasteiger partial charge in [0.15, 0.2) is 0 Å². The van der Waals surface area contributed by atoms with E-state index >= 15 is 0 Å². The second-order valence-corrected chi connectivity index (χ2v) is 2.83. The first-order valence-electron chi connectivity index (χ1n) is 3.26. The predicted molar refractivity (Wildman–Crippen MR) is 33.1 cm³/mol. The number of halogens is 3. The fourth-order valence-corrected chi connectivity index (χ4v) is 1.10. The molecule has 1 rings (SSSR count). The van der Waals surface area contributed by atoms with Gasteiger partial charge < -0.3 is 10.5 Å². The van der Waals surface area contributed by atoms with Gasteiger partial charge in [-0.15, -0.1) is 0 Å². The number of hydrogen-bond acceptors (Lipinski definition) is 3. The van der Waals surface area contributed by atoms with E-state index in [1.54, 1.807) is 0 Å². The minimum Gasteiger partial charge on any atom is -0.468 e. The topological polar surface area (TPSA) is 52.3 Å². The van der Waals surface area contributed by atoms with Crippen molar-refractivity contribution in [3.8, 4) is 0 Å². The predicted octanol–water partition coefficient (Wildman–Crippen LogP) is 0.439. The Morgan fingerprint density at radius 2 is 2.17 bits per heavy atom. The molecule has 6 heteroatoms. The summed E-state index contributed by atoms with van der Waals surface area (Å²) in [4.78, 5) is 10.7. The van der Waals surface area contributed by atoms with Crippen molar-refractivity contribution in [3.63, 3.8) is 0 Å². The molecular formula is C6H8F3NO2. The van der Waals surface area contributed by atoms with E-state index in [1.165, 1.54) is 0 Å². The maximum absolute atomic E-state index is 11.9. The third kappa shape index (κ3) is 1.26. The summed E-state index contributed by atoms with van der Waals surface area (Å²) in [7, 11) is 1.02. The summed E-state index contributed by atoms with van der Waals surface area (Å²) in [5.41, 5.74) is 3.31. The zero-order chi connectivity index (χ0) is 9.57. The lowest BCUT2D eigenvalue weighted by atomic mass is 10.2. The largest absolute Gasteiger partial charge is 0.468 e. The van der Waals surface area contributed by atoms with Crippen LogP contribution >= 0.6 is 0 Å². The van der Waals surface area contributed by atoms with Crippen molar-refractivity contribution in [2.75, 3.05) is 7.11 Å². The number of methoxy groups -OCH3 is 1. The fourth-order valence-electron chi connectivity index (χ4n) is 1.10. The Balaban J connectivity index is 2.66. The summed E-state index contributed by atoms with van der Waals surface area (Å²) >= 11 is 0. The highest BCUT2D eigenvalue weighted by molar-refractivity contribution is 5.84. The van der Waals surface area contributed by atoms with Gasteiger partial charge in [0.25, 0.3) is 0 Å². The number of esters is 1. The van der Waals surface area contributed by atoms with Crippen molar-refractivity contribution >= 4 is 5.97 Å². The van der Waals surface area contributed by atoms with E-state index in [2.05, 4.69) is 4.74 Å². The summed E-state index contributed by atoms with van der Waals surface area (Å²) in [6, 6.07) is 0. The molecule has 2 atom stereocenters. The average molecular weight is 183 g/mol. The molecule has 0 aliphatic heterocycles. The third-order valence-corrected chi connectivity index (χ3v) is 1.96. The SMILES string of the molecule is COC(=O)[C@@]1(N)C[C@H]1C(F)(F)F. The molecule has 0 heterocycles. The molecule has 0 radical (unpaired) electrons. The first-order chi connectivity index (χ1) is 5.32. The standard InChI is InChI=1S/C6H8F3NO2/c1-12-4(11)5(10)2-3(5)6(7,8)9/h3H,2,10H2,1H3/t3-,5-/m1/s1. The zero-order valence-corrected chi connectivity index (χ0v) is 6.31. The zero-order valence-electron chi connectivity index (χ0n) is 6.31. The minimum absolute atomic E-state index is 0.372. The van der Waals surface area contributed by atoms with E-state index in [4.69, 9.17) is 5.73 Å². The van der Waals surface area contributed by atoms with Gasteiger partial charge in [-0.2, -0.15) is 13.2 Å². The number of ether oxygens (including phenoxy) is 1. The third-order valence-electron chi connectivity index (χ3n) is 1.96. The molecule has 1 aliphatic rings. The Kier molecular flexibility index (Phi) is 1.82. The van der Waals surface area contributed by atoms with Crippen LogP contribution in [-0.2, 0) is 9.53 Å². The molecule has 1 saturated carbocycles. The van der Waals surface area contributed by atoms with Crippen molar-refractivity contribution in [2.45, 2.75) is 18.1 Å². The second kappa shape index (κ2) is 2.35. The van der Waals surface area contributed by atoms with Crippen molar-refractivity contribution in [1.29, 1.82) is 0 Å². The number of carbonyl (C=O) groups excluding carboxylic acids is 1. The maximum Gasteiger partial charge on any atom is 0.394 e. The Hall–Kier alpha value is -0.780. The van der Waals surface area contributed by atoms with Crippen LogP contribution in [0.1, 0.15) is 6.42 Å². The van der Waals surface area contributed by atoms with Crippen LogP contribution < -0.4 is 5.73 Å². The van der Waals surface area contributed by atoms with Gasteiger partial charge in [-0.3, -0.25) is 4.79 Å². The van der Waals surface area contributed by atoms with Crippen LogP contribution in [0, 0.1) is 5.92 Å². The lowest BCUT2D eigenvalue weighted by Crippen LogP contribution is -2.39. The molecule has 0 aromatic heterocycles. The summed E-state index contributed by atoms with van der Waals surface area (Å²) in [5.74, 6) is -2.73. The van der Waals surface area contributed by atoms with Crippen LogP contribution in [0.3, 0.4) is 0 Å². The average Bonchev–Trinajstić information content (AvgIpc) is 2.61. The Morgan fingerprint density at radius 1 is 1.67 bits per heavy atom. The normalized spacial score (nSPS) is 34.6. The number of alkyl halides is 3. The van der Waals surface area contributed by atoms with Crippen molar-refractivity contribution < 1.29 is 22.7 Å². The van der Waals surface area contributed by atoms with Gasteiger partial charge in [-0.25, -0.2) is 0 Å². The molecule has 1 fully saturated rings. The number of carbonyl (C=O) groups is 1. The van der Waals surface area contributed by atoms with Gasteiger partial charge in [-0.05, 0) is 6.42 Å². The highest BCUT2D eigenvalue weighted by Gasteiger charge is 2.69. The lowest BCUT2D eigenvalue weighted by molar-refractivity contribution is -0.163. The minimum atomic E-state index is -4.40. The molecule has 2 N–H and O–H groups in total. The summed E-state index contributed by atoms with van der Waals surface area (Å²) in [6.07, 6.45) is -4.77. The molecule has 70 valence electrons. The Bertz CT molecular complexity index is 215. The van der Waals surface area contributed by atoms with Crippen molar-refractivity contribution in [2.24, 2.45) is 11.7 Å². The molecule has 0 saturated heterocycles. The van der Waals surface area contributed by atoms with Crippen molar-refractivity contribution in [3.05, 3.63) is 0 Å². The van der Waals surface area contributed by atoms with Gasteiger partial charge in [0.1, 0.15) is 5.54 Å². The first kappa shape index (κ1) is 9.31. The maximum atomic E-state index is 11.9. The molecule has 12 heavy (non-hydrogen) atoms. The van der Waals surface area contributed by atoms with Gasteiger partial charge in [-0.1, -0.05) is 0 Å². The highest BCUT2D eigenvalue weighted by atomic mass is 19.4. The van der Waals surface area contributed by atoms with E-state index in [0.29, 0.717) is 0 Å². The van der Waals surface area contributed by atoms with Crippen LogP contribution in [0.5, 0.6) is 0 Å². The molecular weight excluding hydrogens is 175 g/mol. The van der Waals surface area contributed by atoms with Gasteiger partial charge in [0.05, 0.1) is 13.0 Å². The summed E-state index contributed by atoms with van der Waals surface area (Å²) in [6.45, 7) is 0. The molecule has 1 aliphatic carbocycles. The number of hydrogen-bond donors (Lipinski definition) is 1. The van der Waals surface area contributed by atoms with Crippen LogP contribution in [0.25, 0.3) is 0 Å².